The second kappa shape index (κ2) is 7.33. The molecule has 0 aliphatic carbocycles. The maximum atomic E-state index is 12.8. The maximum absolute atomic E-state index is 12.8. The minimum atomic E-state index is -1.24. The first-order chi connectivity index (χ1) is 11.9. The molecule has 2 N–H and O–H groups in total. The fourth-order valence-electron chi connectivity index (χ4n) is 2.34. The van der Waals surface area contributed by atoms with Crippen molar-refractivity contribution in [3.8, 4) is 11.5 Å². The van der Waals surface area contributed by atoms with Crippen molar-refractivity contribution in [2.24, 2.45) is 0 Å². The number of amides is 1. The van der Waals surface area contributed by atoms with E-state index >= 15 is 0 Å². The molecule has 132 valence electrons. The predicted molar refractivity (Wildman–Crippen MR) is 92.3 cm³/mol. The lowest BCUT2D eigenvalue weighted by atomic mass is 9.95. The van der Waals surface area contributed by atoms with Gasteiger partial charge < -0.3 is 19.9 Å². The van der Waals surface area contributed by atoms with Crippen molar-refractivity contribution in [3.05, 3.63) is 53.8 Å². The summed E-state index contributed by atoms with van der Waals surface area (Å²) in [5.41, 5.74) is -0.611. The molecule has 0 bridgehead atoms. The maximum Gasteiger partial charge on any atom is 0.231 e. The first kappa shape index (κ1) is 17.6. The number of carbonyl (C=O) groups excluding carboxylic acids is 1. The van der Waals surface area contributed by atoms with Crippen molar-refractivity contribution in [2.75, 3.05) is 19.1 Å². The highest BCUT2D eigenvalue weighted by atomic mass is 32.2. The standard InChI is InChI=1S/C18H18FNO4S/c1-18(22,12-2-7-15-16(8-12)24-11-23-15)10-20-17(21)9-25-14-5-3-13(19)4-6-14/h2-8,22H,9-11H2,1H3,(H,20,21). The molecule has 0 radical (unpaired) electrons. The van der Waals surface area contributed by atoms with Crippen LogP contribution in [0.25, 0.3) is 0 Å². The first-order valence-corrected chi connectivity index (χ1v) is 8.70. The van der Waals surface area contributed by atoms with Gasteiger partial charge in [-0.1, -0.05) is 6.07 Å². The Kier molecular flexibility index (Phi) is 5.15. The Labute approximate surface area is 149 Å². The van der Waals surface area contributed by atoms with Gasteiger partial charge in [0, 0.05) is 4.90 Å². The SMILES string of the molecule is CC(O)(CNC(=O)CSc1ccc(F)cc1)c1ccc2c(c1)OCO2. The number of nitrogens with one attached hydrogen (secondary N) is 1. The molecule has 1 heterocycles. The fourth-order valence-corrected chi connectivity index (χ4v) is 3.06. The molecule has 0 aromatic heterocycles. The van der Waals surface area contributed by atoms with Crippen LogP contribution in [0.15, 0.2) is 47.4 Å². The summed E-state index contributed by atoms with van der Waals surface area (Å²) in [6.07, 6.45) is 0. The van der Waals surface area contributed by atoms with E-state index in [0.717, 1.165) is 4.90 Å². The van der Waals surface area contributed by atoms with Crippen molar-refractivity contribution in [2.45, 2.75) is 17.4 Å². The number of rotatable bonds is 6. The summed E-state index contributed by atoms with van der Waals surface area (Å²) in [4.78, 5) is 12.8. The molecule has 0 fully saturated rings. The summed E-state index contributed by atoms with van der Waals surface area (Å²) < 4.78 is 23.4. The number of hydrogen-bond donors (Lipinski definition) is 2. The quantitative estimate of drug-likeness (QED) is 0.773. The van der Waals surface area contributed by atoms with Gasteiger partial charge in [0.25, 0.3) is 0 Å². The molecule has 2 aromatic carbocycles. The molecule has 0 saturated heterocycles. The van der Waals surface area contributed by atoms with Crippen molar-refractivity contribution in [1.82, 2.24) is 5.32 Å². The van der Waals surface area contributed by atoms with E-state index in [0.29, 0.717) is 17.1 Å². The van der Waals surface area contributed by atoms with Crippen LogP contribution in [0.1, 0.15) is 12.5 Å². The monoisotopic (exact) mass is 363 g/mol. The van der Waals surface area contributed by atoms with Crippen LogP contribution < -0.4 is 14.8 Å². The van der Waals surface area contributed by atoms with E-state index in [-0.39, 0.29) is 30.8 Å². The molecule has 1 amide bonds. The molecule has 2 aromatic rings. The Morgan fingerprint density at radius 1 is 1.24 bits per heavy atom. The van der Waals surface area contributed by atoms with Gasteiger partial charge in [-0.2, -0.15) is 0 Å². The summed E-state index contributed by atoms with van der Waals surface area (Å²) in [5.74, 6) is 0.877. The van der Waals surface area contributed by atoms with Crippen LogP contribution in [0.2, 0.25) is 0 Å². The third-order valence-electron chi connectivity index (χ3n) is 3.81. The van der Waals surface area contributed by atoms with Crippen molar-refractivity contribution < 1.29 is 23.8 Å². The van der Waals surface area contributed by atoms with Gasteiger partial charge in [0.1, 0.15) is 11.4 Å². The zero-order valence-electron chi connectivity index (χ0n) is 13.6. The number of fused-ring (bicyclic) bond motifs is 1. The van der Waals surface area contributed by atoms with E-state index in [1.807, 2.05) is 0 Å². The number of thioether (sulfide) groups is 1. The summed E-state index contributed by atoms with van der Waals surface area (Å²) in [6, 6.07) is 11.1. The highest BCUT2D eigenvalue weighted by Gasteiger charge is 2.26. The van der Waals surface area contributed by atoms with Gasteiger partial charge in [0.05, 0.1) is 12.3 Å². The number of carbonyl (C=O) groups is 1. The van der Waals surface area contributed by atoms with Crippen LogP contribution >= 0.6 is 11.8 Å². The molecule has 1 atom stereocenters. The van der Waals surface area contributed by atoms with E-state index in [2.05, 4.69) is 5.32 Å². The third kappa shape index (κ3) is 4.43. The van der Waals surface area contributed by atoms with E-state index < -0.39 is 5.60 Å². The Balaban J connectivity index is 1.52. The van der Waals surface area contributed by atoms with Gasteiger partial charge in [0.2, 0.25) is 12.7 Å². The molecule has 7 heteroatoms. The Hall–Kier alpha value is -2.25. The lowest BCUT2D eigenvalue weighted by molar-refractivity contribution is -0.119. The van der Waals surface area contributed by atoms with Crippen molar-refractivity contribution >= 4 is 17.7 Å². The minimum Gasteiger partial charge on any atom is -0.454 e. The van der Waals surface area contributed by atoms with Crippen LogP contribution in [0.4, 0.5) is 4.39 Å². The third-order valence-corrected chi connectivity index (χ3v) is 4.82. The average Bonchev–Trinajstić information content (AvgIpc) is 3.07. The molecular formula is C18H18FNO4S. The lowest BCUT2D eigenvalue weighted by Gasteiger charge is -2.24. The van der Waals surface area contributed by atoms with E-state index in [4.69, 9.17) is 9.47 Å². The second-order valence-corrected chi connectivity index (χ2v) is 6.91. The molecule has 1 aliphatic rings. The lowest BCUT2D eigenvalue weighted by Crippen LogP contribution is -2.39. The Bertz CT molecular complexity index is 764. The molecule has 1 aliphatic heterocycles. The molecule has 1 unspecified atom stereocenters. The van der Waals surface area contributed by atoms with Gasteiger partial charge in [-0.3, -0.25) is 4.79 Å². The number of aliphatic hydroxyl groups is 1. The summed E-state index contributed by atoms with van der Waals surface area (Å²) in [7, 11) is 0. The normalized spacial score (nSPS) is 14.8. The molecule has 3 rings (SSSR count). The smallest absolute Gasteiger partial charge is 0.231 e. The zero-order valence-corrected chi connectivity index (χ0v) is 14.4. The molecule has 25 heavy (non-hydrogen) atoms. The number of benzene rings is 2. The number of hydrogen-bond acceptors (Lipinski definition) is 5. The fraction of sp³-hybridized carbons (Fsp3) is 0.278. The van der Waals surface area contributed by atoms with Crippen LogP contribution in [0.5, 0.6) is 11.5 Å². The van der Waals surface area contributed by atoms with Gasteiger partial charge in [-0.05, 0) is 48.9 Å². The highest BCUT2D eigenvalue weighted by molar-refractivity contribution is 8.00. The van der Waals surface area contributed by atoms with Gasteiger partial charge in [0.15, 0.2) is 11.5 Å². The highest BCUT2D eigenvalue weighted by Crippen LogP contribution is 2.35. The van der Waals surface area contributed by atoms with Gasteiger partial charge in [-0.25, -0.2) is 4.39 Å². The number of halogens is 1. The molecule has 5 nitrogen and oxygen atoms in total. The largest absolute Gasteiger partial charge is 0.454 e. The molecule has 0 spiro atoms. The van der Waals surface area contributed by atoms with E-state index in [1.54, 1.807) is 37.3 Å². The summed E-state index contributed by atoms with van der Waals surface area (Å²) in [5, 5.41) is 13.3. The second-order valence-electron chi connectivity index (χ2n) is 5.86. The molecule has 0 saturated carbocycles. The van der Waals surface area contributed by atoms with E-state index in [1.165, 1.54) is 23.9 Å². The number of ether oxygens (including phenoxy) is 2. The van der Waals surface area contributed by atoms with Crippen LogP contribution in [-0.2, 0) is 10.4 Å². The molecular weight excluding hydrogens is 345 g/mol. The van der Waals surface area contributed by atoms with Crippen LogP contribution in [-0.4, -0.2) is 30.1 Å². The predicted octanol–water partition coefficient (Wildman–Crippen LogP) is 2.67. The average molecular weight is 363 g/mol. The topological polar surface area (TPSA) is 67.8 Å². The van der Waals surface area contributed by atoms with E-state index in [9.17, 15) is 14.3 Å². The van der Waals surface area contributed by atoms with Gasteiger partial charge in [-0.15, -0.1) is 11.8 Å². The zero-order chi connectivity index (χ0) is 17.9. The first-order valence-electron chi connectivity index (χ1n) is 7.72. The Morgan fingerprint density at radius 2 is 1.96 bits per heavy atom. The van der Waals surface area contributed by atoms with Gasteiger partial charge >= 0.3 is 0 Å². The minimum absolute atomic E-state index is 0.0649. The van der Waals surface area contributed by atoms with Crippen molar-refractivity contribution in [3.63, 3.8) is 0 Å². The van der Waals surface area contributed by atoms with Crippen LogP contribution in [0.3, 0.4) is 0 Å². The van der Waals surface area contributed by atoms with Crippen molar-refractivity contribution in [1.29, 1.82) is 0 Å². The summed E-state index contributed by atoms with van der Waals surface area (Å²) >= 11 is 1.30. The van der Waals surface area contributed by atoms with Crippen LogP contribution in [0, 0.1) is 5.82 Å². The summed E-state index contributed by atoms with van der Waals surface area (Å²) in [6.45, 7) is 1.85. The Morgan fingerprint density at radius 3 is 2.72 bits per heavy atom.